The van der Waals surface area contributed by atoms with Crippen LogP contribution in [0.2, 0.25) is 0 Å². The van der Waals surface area contributed by atoms with E-state index >= 15 is 0 Å². The van der Waals surface area contributed by atoms with E-state index in [-0.39, 0.29) is 11.9 Å². The molecule has 0 aliphatic rings. The van der Waals surface area contributed by atoms with Gasteiger partial charge in [0.15, 0.2) is 5.75 Å². The second kappa shape index (κ2) is 8.09. The third-order valence-corrected chi connectivity index (χ3v) is 4.48. The van der Waals surface area contributed by atoms with E-state index in [2.05, 4.69) is 36.2 Å². The molecule has 3 aromatic rings. The number of ether oxygens (including phenoxy) is 1. The van der Waals surface area contributed by atoms with Crippen molar-refractivity contribution in [3.63, 3.8) is 0 Å². The third kappa shape index (κ3) is 4.77. The Labute approximate surface area is 157 Å². The number of carbonyl (C=O) groups is 1. The van der Waals surface area contributed by atoms with Crippen LogP contribution in [0.4, 0.5) is 5.95 Å². The lowest BCUT2D eigenvalue weighted by atomic mass is 10.3. The van der Waals surface area contributed by atoms with E-state index < -0.39 is 0 Å². The van der Waals surface area contributed by atoms with Crippen LogP contribution in [0.1, 0.15) is 10.5 Å². The number of halogens is 1. The molecular weight excluding hydrogens is 404 g/mol. The summed E-state index contributed by atoms with van der Waals surface area (Å²) in [6.07, 6.45) is 2.96. The van der Waals surface area contributed by atoms with E-state index in [1.807, 2.05) is 30.3 Å². The predicted octanol–water partition coefficient (Wildman–Crippen LogP) is 4.05. The highest BCUT2D eigenvalue weighted by Gasteiger charge is 2.11. The summed E-state index contributed by atoms with van der Waals surface area (Å²) in [6, 6.07) is 13.2. The Morgan fingerprint density at radius 2 is 1.92 bits per heavy atom. The second-order valence-corrected chi connectivity index (χ2v) is 6.83. The molecule has 1 N–H and O–H groups in total. The summed E-state index contributed by atoms with van der Waals surface area (Å²) in [4.78, 5) is 25.8. The zero-order chi connectivity index (χ0) is 17.6. The summed E-state index contributed by atoms with van der Waals surface area (Å²) in [7, 11) is 1.52. The number of benzene rings is 1. The van der Waals surface area contributed by atoms with Crippen LogP contribution in [0.5, 0.6) is 5.75 Å². The van der Waals surface area contributed by atoms with Gasteiger partial charge in [-0.3, -0.25) is 10.1 Å². The lowest BCUT2D eigenvalue weighted by Crippen LogP contribution is -2.15. The van der Waals surface area contributed by atoms with Crippen LogP contribution in [0.3, 0.4) is 0 Å². The van der Waals surface area contributed by atoms with E-state index in [0.717, 1.165) is 14.4 Å². The largest absolute Gasteiger partial charge is 0.494 e. The molecule has 0 radical (unpaired) electrons. The Balaban J connectivity index is 1.72. The van der Waals surface area contributed by atoms with E-state index in [1.165, 1.54) is 31.3 Å². The van der Waals surface area contributed by atoms with Crippen LogP contribution >= 0.6 is 27.7 Å². The van der Waals surface area contributed by atoms with Gasteiger partial charge in [0.25, 0.3) is 5.91 Å². The number of methoxy groups -OCH3 is 1. The van der Waals surface area contributed by atoms with Gasteiger partial charge in [0.2, 0.25) is 5.95 Å². The van der Waals surface area contributed by atoms with Crippen LogP contribution in [-0.2, 0) is 0 Å². The first-order valence-electron chi connectivity index (χ1n) is 7.22. The van der Waals surface area contributed by atoms with E-state index in [4.69, 9.17) is 4.74 Å². The number of rotatable bonds is 5. The van der Waals surface area contributed by atoms with Gasteiger partial charge in [0, 0.05) is 9.37 Å². The van der Waals surface area contributed by atoms with E-state index in [0.29, 0.717) is 11.4 Å². The van der Waals surface area contributed by atoms with Crippen molar-refractivity contribution >= 4 is 39.5 Å². The minimum atomic E-state index is -0.373. The molecule has 0 fully saturated rings. The number of nitrogens with zero attached hydrogens (tertiary/aromatic N) is 3. The average Bonchev–Trinajstić information content (AvgIpc) is 2.62. The van der Waals surface area contributed by atoms with Gasteiger partial charge in [-0.05, 0) is 30.3 Å². The molecule has 6 nitrogen and oxygen atoms in total. The lowest BCUT2D eigenvalue weighted by Gasteiger charge is -2.06. The third-order valence-electron chi connectivity index (χ3n) is 3.06. The fourth-order valence-corrected chi connectivity index (χ4v) is 3.32. The van der Waals surface area contributed by atoms with Gasteiger partial charge in [-0.2, -0.15) is 0 Å². The first-order valence-corrected chi connectivity index (χ1v) is 8.83. The molecule has 2 heterocycles. The van der Waals surface area contributed by atoms with Crippen molar-refractivity contribution in [1.82, 2.24) is 15.0 Å². The van der Waals surface area contributed by atoms with Crippen molar-refractivity contribution in [2.45, 2.75) is 9.92 Å². The fraction of sp³-hybridized carbons (Fsp3) is 0.0588. The molecule has 0 saturated carbocycles. The Bertz CT molecular complexity index is 890. The average molecular weight is 417 g/mol. The molecule has 0 bridgehead atoms. The first kappa shape index (κ1) is 17.4. The van der Waals surface area contributed by atoms with Crippen LogP contribution in [-0.4, -0.2) is 28.0 Å². The number of nitrogens with one attached hydrogen (secondary N) is 1. The van der Waals surface area contributed by atoms with Crippen molar-refractivity contribution in [3.8, 4) is 5.75 Å². The number of amides is 1. The van der Waals surface area contributed by atoms with Crippen LogP contribution in [0.15, 0.2) is 69.3 Å². The van der Waals surface area contributed by atoms with Gasteiger partial charge in [-0.25, -0.2) is 15.0 Å². The SMILES string of the molecule is COc1cnc(NC(=O)c2cccc(Sc3cccc(Br)c3)n2)nc1. The maximum absolute atomic E-state index is 12.3. The zero-order valence-corrected chi connectivity index (χ0v) is 15.5. The molecule has 0 aliphatic carbocycles. The normalized spacial score (nSPS) is 10.3. The topological polar surface area (TPSA) is 77.0 Å². The highest BCUT2D eigenvalue weighted by Crippen LogP contribution is 2.28. The number of hydrogen-bond acceptors (Lipinski definition) is 6. The van der Waals surface area contributed by atoms with Crippen molar-refractivity contribution in [2.75, 3.05) is 12.4 Å². The summed E-state index contributed by atoms with van der Waals surface area (Å²) in [5, 5.41) is 3.34. The smallest absolute Gasteiger partial charge is 0.276 e. The zero-order valence-electron chi connectivity index (χ0n) is 13.1. The molecule has 3 rings (SSSR count). The summed E-state index contributed by atoms with van der Waals surface area (Å²) >= 11 is 4.92. The van der Waals surface area contributed by atoms with Gasteiger partial charge < -0.3 is 4.74 Å². The molecule has 126 valence electrons. The maximum Gasteiger partial charge on any atom is 0.276 e. The molecule has 0 spiro atoms. The summed E-state index contributed by atoms with van der Waals surface area (Å²) in [5.41, 5.74) is 0.291. The van der Waals surface area contributed by atoms with Crippen molar-refractivity contribution in [3.05, 3.63) is 65.0 Å². The number of pyridine rings is 1. The summed E-state index contributed by atoms with van der Waals surface area (Å²) in [6.45, 7) is 0. The maximum atomic E-state index is 12.3. The second-order valence-electron chi connectivity index (χ2n) is 4.82. The summed E-state index contributed by atoms with van der Waals surface area (Å²) < 4.78 is 5.97. The molecule has 0 unspecified atom stereocenters. The molecule has 8 heteroatoms. The van der Waals surface area contributed by atoms with E-state index in [1.54, 1.807) is 12.1 Å². The molecule has 0 saturated heterocycles. The highest BCUT2D eigenvalue weighted by molar-refractivity contribution is 9.10. The molecule has 2 aromatic heterocycles. The summed E-state index contributed by atoms with van der Waals surface area (Å²) in [5.74, 6) is 0.336. The minimum absolute atomic E-state index is 0.192. The van der Waals surface area contributed by atoms with Crippen LogP contribution in [0.25, 0.3) is 0 Å². The van der Waals surface area contributed by atoms with Gasteiger partial charge in [-0.1, -0.05) is 39.8 Å². The van der Waals surface area contributed by atoms with Crippen LogP contribution < -0.4 is 10.1 Å². The van der Waals surface area contributed by atoms with Crippen LogP contribution in [0, 0.1) is 0 Å². The predicted molar refractivity (Wildman–Crippen MR) is 99.0 cm³/mol. The molecule has 0 atom stereocenters. The Morgan fingerprint density at radius 3 is 2.64 bits per heavy atom. The standard InChI is InChI=1S/C17H13BrN4O2S/c1-24-12-9-19-17(20-10-12)22-16(23)14-6-3-7-15(21-14)25-13-5-2-4-11(18)8-13/h2-10H,1H3,(H,19,20,22,23). The Morgan fingerprint density at radius 1 is 1.16 bits per heavy atom. The molecular formula is C17H13BrN4O2S. The molecule has 1 amide bonds. The number of hydrogen-bond donors (Lipinski definition) is 1. The van der Waals surface area contributed by atoms with Crippen molar-refractivity contribution in [2.24, 2.45) is 0 Å². The molecule has 0 aliphatic heterocycles. The fourth-order valence-electron chi connectivity index (χ4n) is 1.90. The lowest BCUT2D eigenvalue weighted by molar-refractivity contribution is 0.102. The van der Waals surface area contributed by atoms with Gasteiger partial charge in [0.1, 0.15) is 10.7 Å². The van der Waals surface area contributed by atoms with Crippen molar-refractivity contribution in [1.29, 1.82) is 0 Å². The Hall–Kier alpha value is -2.45. The highest BCUT2D eigenvalue weighted by atomic mass is 79.9. The minimum Gasteiger partial charge on any atom is -0.494 e. The molecule has 25 heavy (non-hydrogen) atoms. The number of carbonyl (C=O) groups excluding carboxylic acids is 1. The first-order chi connectivity index (χ1) is 12.1. The number of anilines is 1. The Kier molecular flexibility index (Phi) is 5.62. The monoisotopic (exact) mass is 416 g/mol. The van der Waals surface area contributed by atoms with Gasteiger partial charge in [-0.15, -0.1) is 0 Å². The van der Waals surface area contributed by atoms with Crippen molar-refractivity contribution < 1.29 is 9.53 Å². The van der Waals surface area contributed by atoms with Gasteiger partial charge in [0.05, 0.1) is 19.5 Å². The quantitative estimate of drug-likeness (QED) is 0.675. The van der Waals surface area contributed by atoms with Gasteiger partial charge >= 0.3 is 0 Å². The number of aromatic nitrogens is 3. The molecule has 1 aromatic carbocycles. The van der Waals surface area contributed by atoms with E-state index in [9.17, 15) is 4.79 Å².